The molecule has 98 valence electrons. The Hall–Kier alpha value is -0.0800. The van der Waals surface area contributed by atoms with Crippen LogP contribution in [0.1, 0.15) is 52.9 Å². The molecule has 2 nitrogen and oxygen atoms in total. The molecule has 0 saturated heterocycles. The minimum absolute atomic E-state index is 0.0573. The second-order valence-corrected chi connectivity index (χ2v) is 7.60. The predicted molar refractivity (Wildman–Crippen MR) is 67.5 cm³/mol. The van der Waals surface area contributed by atoms with E-state index in [-0.39, 0.29) is 12.0 Å². The lowest BCUT2D eigenvalue weighted by Crippen LogP contribution is -2.49. The van der Waals surface area contributed by atoms with Crippen molar-refractivity contribution in [1.29, 1.82) is 0 Å². The molecule has 2 heteroatoms. The molecule has 2 unspecified atom stereocenters. The Morgan fingerprint density at radius 1 is 1.12 bits per heavy atom. The number of aliphatic hydroxyl groups excluding tert-OH is 1. The van der Waals surface area contributed by atoms with Crippen molar-refractivity contribution in [3.8, 4) is 0 Å². The first-order valence-corrected chi connectivity index (χ1v) is 7.20. The summed E-state index contributed by atoms with van der Waals surface area (Å²) in [7, 11) is 0. The summed E-state index contributed by atoms with van der Waals surface area (Å²) in [5.74, 6) is 1.86. The van der Waals surface area contributed by atoms with Crippen molar-refractivity contribution in [3.63, 3.8) is 0 Å². The monoisotopic (exact) mass is 238 g/mol. The van der Waals surface area contributed by atoms with E-state index < -0.39 is 5.60 Å². The Labute approximate surface area is 104 Å². The molecule has 0 aromatic carbocycles. The van der Waals surface area contributed by atoms with Gasteiger partial charge in [-0.1, -0.05) is 20.8 Å². The highest BCUT2D eigenvalue weighted by Crippen LogP contribution is 2.73. The Kier molecular flexibility index (Phi) is 2.30. The number of rotatable bonds is 1. The van der Waals surface area contributed by atoms with Crippen molar-refractivity contribution in [1.82, 2.24) is 0 Å². The summed E-state index contributed by atoms with van der Waals surface area (Å²) >= 11 is 0. The zero-order valence-electron chi connectivity index (χ0n) is 11.4. The third-order valence-electron chi connectivity index (χ3n) is 6.89. The summed E-state index contributed by atoms with van der Waals surface area (Å²) in [6.45, 7) is 7.00. The second kappa shape index (κ2) is 3.27. The molecule has 3 fully saturated rings. The molecule has 2 N–H and O–H groups in total. The third kappa shape index (κ3) is 1.24. The van der Waals surface area contributed by atoms with Gasteiger partial charge in [0, 0.05) is 0 Å². The van der Waals surface area contributed by atoms with Gasteiger partial charge in [-0.25, -0.2) is 0 Å². The van der Waals surface area contributed by atoms with Crippen molar-refractivity contribution < 1.29 is 10.2 Å². The Morgan fingerprint density at radius 3 is 2.47 bits per heavy atom. The number of hydrogen-bond acceptors (Lipinski definition) is 2. The van der Waals surface area contributed by atoms with E-state index in [9.17, 15) is 10.2 Å². The molecule has 17 heavy (non-hydrogen) atoms. The second-order valence-electron chi connectivity index (χ2n) is 7.60. The van der Waals surface area contributed by atoms with Gasteiger partial charge in [0.25, 0.3) is 0 Å². The van der Waals surface area contributed by atoms with Crippen LogP contribution in [0.15, 0.2) is 0 Å². The number of fused-ring (bicyclic) bond motifs is 1. The van der Waals surface area contributed by atoms with Gasteiger partial charge in [-0.2, -0.15) is 0 Å². The van der Waals surface area contributed by atoms with Crippen LogP contribution in [0.3, 0.4) is 0 Å². The number of hydrogen-bond donors (Lipinski definition) is 2. The summed E-state index contributed by atoms with van der Waals surface area (Å²) in [6.07, 6.45) is 5.75. The lowest BCUT2D eigenvalue weighted by atomic mass is 9.64. The Balaban J connectivity index is 2.04. The van der Waals surface area contributed by atoms with Gasteiger partial charge in [-0.3, -0.25) is 0 Å². The highest BCUT2D eigenvalue weighted by molar-refractivity contribution is 5.17. The van der Waals surface area contributed by atoms with Gasteiger partial charge >= 0.3 is 0 Å². The van der Waals surface area contributed by atoms with E-state index in [1.807, 2.05) is 0 Å². The minimum Gasteiger partial charge on any atom is -0.393 e. The van der Waals surface area contributed by atoms with E-state index in [1.165, 1.54) is 12.8 Å². The molecule has 5 atom stereocenters. The molecule has 0 radical (unpaired) electrons. The fourth-order valence-corrected chi connectivity index (χ4v) is 5.90. The van der Waals surface area contributed by atoms with Crippen molar-refractivity contribution >= 4 is 0 Å². The maximum Gasteiger partial charge on any atom is 0.0910 e. The molecular formula is C15H26O2. The van der Waals surface area contributed by atoms with Crippen LogP contribution in [0.2, 0.25) is 0 Å². The van der Waals surface area contributed by atoms with Crippen LogP contribution in [-0.4, -0.2) is 22.4 Å². The van der Waals surface area contributed by atoms with Crippen molar-refractivity contribution in [3.05, 3.63) is 0 Å². The predicted octanol–water partition coefficient (Wildman–Crippen LogP) is 2.58. The first kappa shape index (κ1) is 12.0. The zero-order valence-corrected chi connectivity index (χ0v) is 11.4. The zero-order chi connectivity index (χ0) is 12.5. The quantitative estimate of drug-likeness (QED) is 0.737. The van der Waals surface area contributed by atoms with Crippen LogP contribution in [0.25, 0.3) is 0 Å². The molecule has 3 saturated carbocycles. The van der Waals surface area contributed by atoms with Gasteiger partial charge in [-0.15, -0.1) is 0 Å². The topological polar surface area (TPSA) is 40.5 Å². The van der Waals surface area contributed by atoms with Crippen LogP contribution in [0.4, 0.5) is 0 Å². The molecule has 0 aliphatic heterocycles. The van der Waals surface area contributed by atoms with Gasteiger partial charge in [0.05, 0.1) is 12.2 Å². The maximum absolute atomic E-state index is 10.7. The lowest BCUT2D eigenvalue weighted by molar-refractivity contribution is -0.115. The van der Waals surface area contributed by atoms with Gasteiger partial charge < -0.3 is 10.2 Å². The average molecular weight is 238 g/mol. The largest absolute Gasteiger partial charge is 0.393 e. The van der Waals surface area contributed by atoms with E-state index >= 15 is 0 Å². The van der Waals surface area contributed by atoms with Crippen molar-refractivity contribution in [2.75, 3.05) is 6.61 Å². The summed E-state index contributed by atoms with van der Waals surface area (Å²) in [6, 6.07) is 0. The smallest absolute Gasteiger partial charge is 0.0910 e. The summed E-state index contributed by atoms with van der Waals surface area (Å²) in [5, 5.41) is 20.3. The van der Waals surface area contributed by atoms with Crippen LogP contribution in [-0.2, 0) is 0 Å². The Bertz CT molecular complexity index is 338. The molecule has 2 bridgehead atoms. The van der Waals surface area contributed by atoms with Gasteiger partial charge in [0.15, 0.2) is 0 Å². The molecule has 3 rings (SSSR count). The summed E-state index contributed by atoms with van der Waals surface area (Å²) in [5.41, 5.74) is -0.132. The third-order valence-corrected chi connectivity index (χ3v) is 6.89. The SMILES string of the molecule is CC1CC[C@H]2C(C)(C)C3C[C@]12CC[C@]3(O)CO. The molecule has 1 spiro atoms. The lowest BCUT2D eigenvalue weighted by Gasteiger charge is -2.45. The highest BCUT2D eigenvalue weighted by atomic mass is 16.3. The molecule has 3 aliphatic carbocycles. The van der Waals surface area contributed by atoms with E-state index in [0.717, 1.165) is 31.1 Å². The van der Waals surface area contributed by atoms with Crippen LogP contribution in [0.5, 0.6) is 0 Å². The van der Waals surface area contributed by atoms with Gasteiger partial charge in [-0.05, 0) is 60.7 Å². The Morgan fingerprint density at radius 2 is 1.82 bits per heavy atom. The van der Waals surface area contributed by atoms with Crippen molar-refractivity contribution in [2.45, 2.75) is 58.5 Å². The molecular weight excluding hydrogens is 212 g/mol. The molecule has 0 amide bonds. The van der Waals surface area contributed by atoms with Crippen molar-refractivity contribution in [2.24, 2.45) is 28.6 Å². The standard InChI is InChI=1S/C15H26O2/c1-10-4-5-11-13(2,3)12-8-14(10,11)6-7-15(12,17)9-16/h10-12,16-17H,4-9H2,1-3H3/t10?,11-,12?,14+,15-/m0/s1. The molecule has 0 aromatic heterocycles. The first-order valence-electron chi connectivity index (χ1n) is 7.20. The normalized spacial score (nSPS) is 55.9. The summed E-state index contributed by atoms with van der Waals surface area (Å²) < 4.78 is 0. The van der Waals surface area contributed by atoms with Gasteiger partial charge in [0.1, 0.15) is 0 Å². The number of aliphatic hydroxyl groups is 2. The summed E-state index contributed by atoms with van der Waals surface area (Å²) in [4.78, 5) is 0. The first-order chi connectivity index (χ1) is 7.87. The highest BCUT2D eigenvalue weighted by Gasteiger charge is 2.68. The van der Waals surface area contributed by atoms with E-state index in [1.54, 1.807) is 0 Å². The van der Waals surface area contributed by atoms with Crippen LogP contribution < -0.4 is 0 Å². The minimum atomic E-state index is -0.807. The van der Waals surface area contributed by atoms with E-state index in [4.69, 9.17) is 0 Å². The maximum atomic E-state index is 10.7. The van der Waals surface area contributed by atoms with E-state index in [0.29, 0.717) is 11.3 Å². The van der Waals surface area contributed by atoms with Crippen LogP contribution >= 0.6 is 0 Å². The van der Waals surface area contributed by atoms with Gasteiger partial charge in [0.2, 0.25) is 0 Å². The molecule has 0 heterocycles. The van der Waals surface area contributed by atoms with E-state index in [2.05, 4.69) is 20.8 Å². The fraction of sp³-hybridized carbons (Fsp3) is 1.00. The molecule has 0 aromatic rings. The fourth-order valence-electron chi connectivity index (χ4n) is 5.90. The average Bonchev–Trinajstić information content (AvgIpc) is 2.70. The van der Waals surface area contributed by atoms with Crippen LogP contribution in [0, 0.1) is 28.6 Å². The molecule has 3 aliphatic rings.